The van der Waals surface area contributed by atoms with E-state index in [2.05, 4.69) is 49.9 Å². The average molecular weight is 216 g/mol. The van der Waals surface area contributed by atoms with Crippen molar-refractivity contribution in [2.24, 2.45) is 12.8 Å². The van der Waals surface area contributed by atoms with E-state index in [0.717, 1.165) is 12.8 Å². The smallest absolute Gasteiger partial charge is 0.0483 e. The number of aryl methyl sites for hydroxylation is 3. The Balaban J connectivity index is 2.45. The lowest BCUT2D eigenvalue weighted by atomic mass is 10.0. The number of fused-ring (bicyclic) bond motifs is 1. The molecule has 0 bridgehead atoms. The van der Waals surface area contributed by atoms with Crippen LogP contribution in [0.2, 0.25) is 0 Å². The highest BCUT2D eigenvalue weighted by atomic mass is 14.9. The number of benzene rings is 1. The number of nitrogens with zero attached hydrogens (tertiary/aromatic N) is 1. The minimum absolute atomic E-state index is 0.277. The van der Waals surface area contributed by atoms with Gasteiger partial charge >= 0.3 is 0 Å². The van der Waals surface area contributed by atoms with Gasteiger partial charge in [-0.2, -0.15) is 0 Å². The van der Waals surface area contributed by atoms with Crippen molar-refractivity contribution < 1.29 is 0 Å². The summed E-state index contributed by atoms with van der Waals surface area (Å²) in [7, 11) is 2.11. The van der Waals surface area contributed by atoms with Crippen LogP contribution in [0.15, 0.2) is 24.4 Å². The number of aromatic nitrogens is 1. The fraction of sp³-hybridized carbons (Fsp3) is 0.429. The largest absolute Gasteiger partial charge is 0.350 e. The van der Waals surface area contributed by atoms with Gasteiger partial charge in [0.25, 0.3) is 0 Å². The molecule has 1 aromatic carbocycles. The lowest BCUT2D eigenvalue weighted by Crippen LogP contribution is -2.15. The van der Waals surface area contributed by atoms with Gasteiger partial charge in [0, 0.05) is 30.2 Å². The minimum atomic E-state index is 0.277. The zero-order valence-corrected chi connectivity index (χ0v) is 10.3. The molecule has 0 unspecified atom stereocenters. The molecular formula is C14H20N2. The third-order valence-electron chi connectivity index (χ3n) is 3.17. The first-order chi connectivity index (χ1) is 7.59. The van der Waals surface area contributed by atoms with Crippen molar-refractivity contribution in [1.29, 1.82) is 0 Å². The van der Waals surface area contributed by atoms with Crippen LogP contribution >= 0.6 is 0 Å². The van der Waals surface area contributed by atoms with E-state index in [4.69, 9.17) is 5.73 Å². The van der Waals surface area contributed by atoms with Gasteiger partial charge in [-0.3, -0.25) is 0 Å². The van der Waals surface area contributed by atoms with E-state index in [-0.39, 0.29) is 6.04 Å². The lowest BCUT2D eigenvalue weighted by molar-refractivity contribution is 0.667. The predicted octanol–water partition coefficient (Wildman–Crippen LogP) is 2.77. The van der Waals surface area contributed by atoms with Crippen molar-refractivity contribution in [3.63, 3.8) is 0 Å². The second-order valence-corrected chi connectivity index (χ2v) is 4.75. The molecule has 0 aliphatic heterocycles. The van der Waals surface area contributed by atoms with Crippen molar-refractivity contribution >= 4 is 10.9 Å². The summed E-state index contributed by atoms with van der Waals surface area (Å²) in [5.74, 6) is 0. The monoisotopic (exact) mass is 216 g/mol. The first-order valence-corrected chi connectivity index (χ1v) is 5.88. The molecule has 0 aliphatic rings. The van der Waals surface area contributed by atoms with Crippen LogP contribution in [0.5, 0.6) is 0 Å². The van der Waals surface area contributed by atoms with E-state index < -0.39 is 0 Å². The Morgan fingerprint density at radius 3 is 2.81 bits per heavy atom. The van der Waals surface area contributed by atoms with E-state index >= 15 is 0 Å². The molecule has 0 saturated heterocycles. The van der Waals surface area contributed by atoms with E-state index in [9.17, 15) is 0 Å². The molecule has 0 saturated carbocycles. The molecule has 2 nitrogen and oxygen atoms in total. The highest BCUT2D eigenvalue weighted by Crippen LogP contribution is 2.25. The maximum atomic E-state index is 5.82. The molecule has 2 aromatic rings. The van der Waals surface area contributed by atoms with Crippen molar-refractivity contribution in [3.05, 3.63) is 35.5 Å². The van der Waals surface area contributed by atoms with Crippen LogP contribution in [0.1, 0.15) is 24.5 Å². The van der Waals surface area contributed by atoms with Crippen LogP contribution in [0.25, 0.3) is 10.9 Å². The molecule has 1 aromatic heterocycles. The molecule has 2 rings (SSSR count). The first kappa shape index (κ1) is 11.2. The Morgan fingerprint density at radius 1 is 1.38 bits per heavy atom. The summed E-state index contributed by atoms with van der Waals surface area (Å²) in [6, 6.07) is 6.75. The number of hydrogen-bond donors (Lipinski definition) is 1. The van der Waals surface area contributed by atoms with Crippen molar-refractivity contribution in [3.8, 4) is 0 Å². The Labute approximate surface area is 97.1 Å². The minimum Gasteiger partial charge on any atom is -0.350 e. The summed E-state index contributed by atoms with van der Waals surface area (Å²) in [5.41, 5.74) is 9.92. The SMILES string of the molecule is Cc1cccc2c1c(CC[C@@H](C)N)cn2C. The van der Waals surface area contributed by atoms with Crippen LogP contribution in [-0.4, -0.2) is 10.6 Å². The Morgan fingerprint density at radius 2 is 2.12 bits per heavy atom. The highest BCUT2D eigenvalue weighted by Gasteiger charge is 2.08. The van der Waals surface area contributed by atoms with Crippen LogP contribution in [0.3, 0.4) is 0 Å². The van der Waals surface area contributed by atoms with Gasteiger partial charge in [0.2, 0.25) is 0 Å². The van der Waals surface area contributed by atoms with Crippen molar-refractivity contribution in [1.82, 2.24) is 4.57 Å². The van der Waals surface area contributed by atoms with Crippen LogP contribution in [0, 0.1) is 6.92 Å². The van der Waals surface area contributed by atoms with Crippen LogP contribution in [-0.2, 0) is 13.5 Å². The summed E-state index contributed by atoms with van der Waals surface area (Å²) >= 11 is 0. The van der Waals surface area contributed by atoms with Crippen LogP contribution in [0.4, 0.5) is 0 Å². The molecule has 86 valence electrons. The van der Waals surface area contributed by atoms with Crippen molar-refractivity contribution in [2.75, 3.05) is 0 Å². The molecule has 2 N–H and O–H groups in total. The fourth-order valence-electron chi connectivity index (χ4n) is 2.30. The third kappa shape index (κ3) is 1.98. The molecule has 2 heteroatoms. The molecule has 0 fully saturated rings. The molecular weight excluding hydrogens is 196 g/mol. The second-order valence-electron chi connectivity index (χ2n) is 4.75. The normalized spacial score (nSPS) is 13.2. The quantitative estimate of drug-likeness (QED) is 0.840. The van der Waals surface area contributed by atoms with Gasteiger partial charge in [-0.1, -0.05) is 12.1 Å². The summed E-state index contributed by atoms with van der Waals surface area (Å²) in [4.78, 5) is 0. The number of rotatable bonds is 3. The van der Waals surface area contributed by atoms with Crippen LogP contribution < -0.4 is 5.73 Å². The summed E-state index contributed by atoms with van der Waals surface area (Å²) in [6.07, 6.45) is 4.35. The second kappa shape index (κ2) is 4.30. The van der Waals surface area contributed by atoms with Gasteiger partial charge in [-0.05, 0) is 43.9 Å². The summed E-state index contributed by atoms with van der Waals surface area (Å²) in [6.45, 7) is 4.25. The van der Waals surface area contributed by atoms with E-state index in [1.54, 1.807) is 0 Å². The molecule has 0 radical (unpaired) electrons. The zero-order chi connectivity index (χ0) is 11.7. The fourth-order valence-corrected chi connectivity index (χ4v) is 2.30. The number of nitrogens with two attached hydrogens (primary N) is 1. The molecule has 1 atom stereocenters. The predicted molar refractivity (Wildman–Crippen MR) is 69.6 cm³/mol. The number of hydrogen-bond acceptors (Lipinski definition) is 1. The zero-order valence-electron chi connectivity index (χ0n) is 10.3. The third-order valence-corrected chi connectivity index (χ3v) is 3.17. The average Bonchev–Trinajstić information content (AvgIpc) is 2.55. The Bertz CT molecular complexity index is 495. The molecule has 0 aliphatic carbocycles. The van der Waals surface area contributed by atoms with Gasteiger partial charge in [-0.15, -0.1) is 0 Å². The van der Waals surface area contributed by atoms with E-state index in [1.807, 2.05) is 0 Å². The summed E-state index contributed by atoms with van der Waals surface area (Å²) < 4.78 is 2.21. The maximum absolute atomic E-state index is 5.82. The van der Waals surface area contributed by atoms with E-state index in [0.29, 0.717) is 0 Å². The van der Waals surface area contributed by atoms with Gasteiger partial charge in [0.1, 0.15) is 0 Å². The first-order valence-electron chi connectivity index (χ1n) is 5.88. The van der Waals surface area contributed by atoms with E-state index in [1.165, 1.54) is 22.0 Å². The van der Waals surface area contributed by atoms with Crippen molar-refractivity contribution in [2.45, 2.75) is 32.7 Å². The highest BCUT2D eigenvalue weighted by molar-refractivity contribution is 5.87. The topological polar surface area (TPSA) is 30.9 Å². The van der Waals surface area contributed by atoms with Gasteiger partial charge in [0.15, 0.2) is 0 Å². The standard InChI is InChI=1S/C14H20N2/c1-10-5-4-6-13-14(10)12(9-16(13)3)8-7-11(2)15/h4-6,9,11H,7-8,15H2,1-3H3/t11-/m1/s1. The van der Waals surface area contributed by atoms with Gasteiger partial charge in [0.05, 0.1) is 0 Å². The summed E-state index contributed by atoms with van der Waals surface area (Å²) in [5, 5.41) is 1.41. The van der Waals surface area contributed by atoms with Gasteiger partial charge < -0.3 is 10.3 Å². The molecule has 16 heavy (non-hydrogen) atoms. The Kier molecular flexibility index (Phi) is 3.01. The Hall–Kier alpha value is -1.28. The molecule has 1 heterocycles. The maximum Gasteiger partial charge on any atom is 0.0483 e. The van der Waals surface area contributed by atoms with Gasteiger partial charge in [-0.25, -0.2) is 0 Å². The molecule has 0 spiro atoms. The molecule has 0 amide bonds. The lowest BCUT2D eigenvalue weighted by Gasteiger charge is -2.04.